The minimum absolute atomic E-state index is 0.0518. The lowest BCUT2D eigenvalue weighted by Crippen LogP contribution is -2.07. The highest BCUT2D eigenvalue weighted by atomic mass is 16.7. The number of rotatable bonds is 11. The van der Waals surface area contributed by atoms with Crippen LogP contribution >= 0.6 is 0 Å². The molecule has 2 aromatic rings. The maximum absolute atomic E-state index is 12.4. The third kappa shape index (κ3) is 6.06. The summed E-state index contributed by atoms with van der Waals surface area (Å²) in [6.45, 7) is 3.32. The zero-order chi connectivity index (χ0) is 28.5. The molecule has 0 radical (unpaired) electrons. The average Bonchev–Trinajstić information content (AvgIpc) is 3.65. The zero-order valence-electron chi connectivity index (χ0n) is 22.7. The molecule has 2 heterocycles. The molecule has 0 spiro atoms. The standard InChI is InChI=1S/C30H30O10/c1-5-7-9-11-23(31)35-15-19-13-21(33-3)27-29(39-17-37-27)25(19)26-20(16-36-24(32)12-10-8-6-2)14-22(34-4)28-30(26)40-18-38-28/h5-14H,15-18H2,1-4H3/b7-5+,8-6+,11-9+,12-10+. The molecular formula is C30H30O10. The van der Waals surface area contributed by atoms with Gasteiger partial charge in [0, 0.05) is 34.4 Å². The van der Waals surface area contributed by atoms with Gasteiger partial charge in [0.05, 0.1) is 14.2 Å². The zero-order valence-corrected chi connectivity index (χ0v) is 22.7. The van der Waals surface area contributed by atoms with Gasteiger partial charge in [0.25, 0.3) is 0 Å². The highest BCUT2D eigenvalue weighted by molar-refractivity contribution is 5.89. The van der Waals surface area contributed by atoms with Gasteiger partial charge >= 0.3 is 11.9 Å². The molecule has 10 nitrogen and oxygen atoms in total. The van der Waals surface area contributed by atoms with E-state index < -0.39 is 11.9 Å². The summed E-state index contributed by atoms with van der Waals surface area (Å²) >= 11 is 0. The first-order valence-corrected chi connectivity index (χ1v) is 12.4. The predicted octanol–water partition coefficient (Wildman–Crippen LogP) is 5.18. The van der Waals surface area contributed by atoms with Crippen molar-refractivity contribution in [2.24, 2.45) is 0 Å². The van der Waals surface area contributed by atoms with Gasteiger partial charge in [-0.2, -0.15) is 0 Å². The number of fused-ring (bicyclic) bond motifs is 2. The molecule has 0 bridgehead atoms. The minimum atomic E-state index is -0.540. The van der Waals surface area contributed by atoms with Crippen molar-refractivity contribution >= 4 is 11.9 Å². The summed E-state index contributed by atoms with van der Waals surface area (Å²) < 4.78 is 45.4. The Bertz CT molecular complexity index is 1280. The van der Waals surface area contributed by atoms with E-state index in [1.54, 1.807) is 48.6 Å². The first-order chi connectivity index (χ1) is 19.5. The molecule has 0 N–H and O–H groups in total. The van der Waals surface area contributed by atoms with Crippen LogP contribution in [0.15, 0.2) is 60.7 Å². The molecule has 210 valence electrons. The van der Waals surface area contributed by atoms with Crippen molar-refractivity contribution in [1.82, 2.24) is 0 Å². The largest absolute Gasteiger partial charge is 0.493 e. The van der Waals surface area contributed by atoms with Gasteiger partial charge in [-0.15, -0.1) is 0 Å². The van der Waals surface area contributed by atoms with Crippen molar-refractivity contribution in [2.45, 2.75) is 27.1 Å². The smallest absolute Gasteiger partial charge is 0.331 e. The molecule has 2 aromatic carbocycles. The lowest BCUT2D eigenvalue weighted by molar-refractivity contribution is -0.139. The molecule has 40 heavy (non-hydrogen) atoms. The number of carbonyl (C=O) groups excluding carboxylic acids is 2. The van der Waals surface area contributed by atoms with Crippen molar-refractivity contribution in [3.8, 4) is 45.6 Å². The Labute approximate surface area is 232 Å². The highest BCUT2D eigenvalue weighted by Crippen LogP contribution is 2.56. The van der Waals surface area contributed by atoms with Crippen LogP contribution in [0.5, 0.6) is 34.5 Å². The number of methoxy groups -OCH3 is 2. The summed E-state index contributed by atoms with van der Waals surface area (Å²) in [5, 5.41) is 0. The second-order valence-corrected chi connectivity index (χ2v) is 8.34. The van der Waals surface area contributed by atoms with Crippen LogP contribution in [-0.2, 0) is 32.3 Å². The molecule has 0 saturated heterocycles. The SMILES string of the molecule is C/C=C/C=C/C(=O)OCc1cc(OC)c2c(c1-c1c(COC(=O)/C=C/C=C/C)cc(OC)c3c1OCO3)OCO2. The fourth-order valence-corrected chi connectivity index (χ4v) is 4.14. The van der Waals surface area contributed by atoms with Crippen LogP contribution < -0.4 is 28.4 Å². The quantitative estimate of drug-likeness (QED) is 0.211. The molecule has 0 fully saturated rings. The van der Waals surface area contributed by atoms with E-state index in [-0.39, 0.29) is 26.8 Å². The van der Waals surface area contributed by atoms with Crippen molar-refractivity contribution < 1.29 is 47.5 Å². The molecule has 0 saturated carbocycles. The summed E-state index contributed by atoms with van der Waals surface area (Å²) in [4.78, 5) is 24.8. The van der Waals surface area contributed by atoms with Gasteiger partial charge in [-0.3, -0.25) is 0 Å². The lowest BCUT2D eigenvalue weighted by atomic mass is 9.92. The first kappa shape index (κ1) is 28.2. The van der Waals surface area contributed by atoms with E-state index in [0.29, 0.717) is 56.8 Å². The van der Waals surface area contributed by atoms with Crippen LogP contribution in [-0.4, -0.2) is 39.7 Å². The number of hydrogen-bond donors (Lipinski definition) is 0. The van der Waals surface area contributed by atoms with Crippen molar-refractivity contribution in [2.75, 3.05) is 27.8 Å². The summed E-state index contributed by atoms with van der Waals surface area (Å²) in [7, 11) is 3.00. The Morgan fingerprint density at radius 2 is 1.07 bits per heavy atom. The van der Waals surface area contributed by atoms with Crippen LogP contribution in [0.1, 0.15) is 25.0 Å². The van der Waals surface area contributed by atoms with Gasteiger partial charge in [0.15, 0.2) is 23.0 Å². The van der Waals surface area contributed by atoms with E-state index in [4.69, 9.17) is 37.9 Å². The van der Waals surface area contributed by atoms with Crippen LogP contribution in [0, 0.1) is 0 Å². The molecule has 0 aliphatic carbocycles. The van der Waals surface area contributed by atoms with Crippen molar-refractivity contribution in [1.29, 1.82) is 0 Å². The van der Waals surface area contributed by atoms with Crippen LogP contribution in [0.4, 0.5) is 0 Å². The Balaban J connectivity index is 1.84. The van der Waals surface area contributed by atoms with Crippen LogP contribution in [0.3, 0.4) is 0 Å². The number of esters is 2. The second kappa shape index (κ2) is 13.3. The normalized spacial score (nSPS) is 13.6. The van der Waals surface area contributed by atoms with Gasteiger partial charge in [-0.1, -0.05) is 36.5 Å². The molecule has 0 amide bonds. The van der Waals surface area contributed by atoms with Gasteiger partial charge in [-0.05, 0) is 26.0 Å². The minimum Gasteiger partial charge on any atom is -0.493 e. The Hall–Kier alpha value is -4.86. The third-order valence-corrected chi connectivity index (χ3v) is 5.88. The van der Waals surface area contributed by atoms with E-state index in [1.165, 1.54) is 26.4 Å². The molecular weight excluding hydrogens is 520 g/mol. The Morgan fingerprint density at radius 3 is 1.45 bits per heavy atom. The number of hydrogen-bond acceptors (Lipinski definition) is 10. The number of allylic oxidation sites excluding steroid dienone is 6. The molecule has 0 aromatic heterocycles. The number of benzene rings is 2. The maximum atomic E-state index is 12.4. The number of ether oxygens (including phenoxy) is 8. The van der Waals surface area contributed by atoms with Gasteiger partial charge in [0.1, 0.15) is 13.2 Å². The fraction of sp³-hybridized carbons (Fsp3) is 0.267. The van der Waals surface area contributed by atoms with Crippen LogP contribution in [0.25, 0.3) is 11.1 Å². The maximum Gasteiger partial charge on any atom is 0.331 e. The van der Waals surface area contributed by atoms with E-state index in [0.717, 1.165) is 0 Å². The third-order valence-electron chi connectivity index (χ3n) is 5.88. The van der Waals surface area contributed by atoms with E-state index in [9.17, 15) is 9.59 Å². The Morgan fingerprint density at radius 1 is 0.675 bits per heavy atom. The lowest BCUT2D eigenvalue weighted by Gasteiger charge is -2.20. The Kier molecular flexibility index (Phi) is 9.35. The molecule has 0 unspecified atom stereocenters. The molecule has 2 aliphatic heterocycles. The van der Waals surface area contributed by atoms with Crippen LogP contribution in [0.2, 0.25) is 0 Å². The molecule has 10 heteroatoms. The van der Waals surface area contributed by atoms with Gasteiger partial charge < -0.3 is 37.9 Å². The summed E-state index contributed by atoms with van der Waals surface area (Å²) in [5.74, 6) is 1.19. The van der Waals surface area contributed by atoms with E-state index in [1.807, 2.05) is 13.8 Å². The second-order valence-electron chi connectivity index (χ2n) is 8.34. The monoisotopic (exact) mass is 550 g/mol. The van der Waals surface area contributed by atoms with Crippen molar-refractivity contribution in [3.63, 3.8) is 0 Å². The number of carbonyl (C=O) groups is 2. The summed E-state index contributed by atoms with van der Waals surface area (Å²) in [6.07, 6.45) is 12.8. The fourth-order valence-electron chi connectivity index (χ4n) is 4.14. The summed E-state index contributed by atoms with van der Waals surface area (Å²) in [6, 6.07) is 3.40. The topological polar surface area (TPSA) is 108 Å². The molecule has 0 atom stereocenters. The van der Waals surface area contributed by atoms with E-state index in [2.05, 4.69) is 0 Å². The summed E-state index contributed by atoms with van der Waals surface area (Å²) in [5.41, 5.74) is 2.10. The predicted molar refractivity (Wildman–Crippen MR) is 145 cm³/mol. The van der Waals surface area contributed by atoms with Gasteiger partial charge in [0.2, 0.25) is 25.1 Å². The van der Waals surface area contributed by atoms with Gasteiger partial charge in [-0.25, -0.2) is 9.59 Å². The van der Waals surface area contributed by atoms with Crippen molar-refractivity contribution in [3.05, 3.63) is 71.9 Å². The molecule has 2 aliphatic rings. The first-order valence-electron chi connectivity index (χ1n) is 12.4. The van der Waals surface area contributed by atoms with E-state index >= 15 is 0 Å². The highest BCUT2D eigenvalue weighted by Gasteiger charge is 2.34. The molecule has 4 rings (SSSR count). The average molecular weight is 551 g/mol.